The minimum absolute atomic E-state index is 0.0200. The maximum Gasteiger partial charge on any atom is 0.265 e. The van der Waals surface area contributed by atoms with Crippen molar-refractivity contribution in [2.45, 2.75) is 31.7 Å². The van der Waals surface area contributed by atoms with Gasteiger partial charge in [0.1, 0.15) is 6.04 Å². The van der Waals surface area contributed by atoms with Gasteiger partial charge in [-0.3, -0.25) is 9.59 Å². The van der Waals surface area contributed by atoms with Crippen LogP contribution in [0.2, 0.25) is 0 Å². The summed E-state index contributed by atoms with van der Waals surface area (Å²) in [5, 5.41) is 4.95. The van der Waals surface area contributed by atoms with Crippen molar-refractivity contribution < 1.29 is 9.59 Å². The monoisotopic (exact) mass is 369 g/mol. The van der Waals surface area contributed by atoms with E-state index in [1.165, 1.54) is 11.3 Å². The van der Waals surface area contributed by atoms with Gasteiger partial charge in [0.25, 0.3) is 5.91 Å². The van der Waals surface area contributed by atoms with Gasteiger partial charge in [0.2, 0.25) is 5.91 Å². The molecule has 1 saturated heterocycles. The highest BCUT2D eigenvalue weighted by Gasteiger charge is 2.42. The molecule has 1 N–H and O–H groups in total. The molecule has 1 aliphatic rings. The van der Waals surface area contributed by atoms with E-state index in [4.69, 9.17) is 0 Å². The van der Waals surface area contributed by atoms with E-state index in [9.17, 15) is 9.59 Å². The molecule has 5 nitrogen and oxygen atoms in total. The van der Waals surface area contributed by atoms with Gasteiger partial charge in [0.05, 0.1) is 10.3 Å². The first-order valence-electron chi connectivity index (χ1n) is 8.30. The molecule has 24 heavy (non-hydrogen) atoms. The summed E-state index contributed by atoms with van der Waals surface area (Å²) < 4.78 is 0. The summed E-state index contributed by atoms with van der Waals surface area (Å²) in [6.07, 6.45) is 0.906. The third-order valence-electron chi connectivity index (χ3n) is 3.89. The van der Waals surface area contributed by atoms with Crippen molar-refractivity contribution in [2.75, 3.05) is 32.9 Å². The Labute approximate surface area is 152 Å². The Hall–Kier alpha value is -1.05. The summed E-state index contributed by atoms with van der Waals surface area (Å²) in [5.74, 6) is 1.09. The van der Waals surface area contributed by atoms with Crippen LogP contribution in [0.25, 0.3) is 0 Å². The predicted octanol–water partition coefficient (Wildman–Crippen LogP) is 2.36. The molecule has 2 heterocycles. The summed E-state index contributed by atoms with van der Waals surface area (Å²) in [7, 11) is 3.95. The van der Waals surface area contributed by atoms with Crippen molar-refractivity contribution in [1.29, 1.82) is 0 Å². The van der Waals surface area contributed by atoms with Crippen molar-refractivity contribution in [3.8, 4) is 0 Å². The zero-order valence-corrected chi connectivity index (χ0v) is 16.5. The molecule has 2 amide bonds. The zero-order valence-electron chi connectivity index (χ0n) is 14.8. The minimum Gasteiger partial charge on any atom is -0.353 e. The minimum atomic E-state index is -0.379. The predicted molar refractivity (Wildman–Crippen MR) is 102 cm³/mol. The van der Waals surface area contributed by atoms with Gasteiger partial charge >= 0.3 is 0 Å². The van der Waals surface area contributed by atoms with E-state index >= 15 is 0 Å². The van der Waals surface area contributed by atoms with Crippen molar-refractivity contribution in [3.05, 3.63) is 22.4 Å². The second-order valence-corrected chi connectivity index (χ2v) is 8.88. The van der Waals surface area contributed by atoms with Crippen LogP contribution in [0.5, 0.6) is 0 Å². The number of hydrogen-bond donors (Lipinski definition) is 1. The van der Waals surface area contributed by atoms with Gasteiger partial charge in [-0.2, -0.15) is 0 Å². The maximum atomic E-state index is 12.9. The summed E-state index contributed by atoms with van der Waals surface area (Å²) in [5.41, 5.74) is 0. The third-order valence-corrected chi connectivity index (χ3v) is 6.06. The van der Waals surface area contributed by atoms with Crippen LogP contribution in [-0.2, 0) is 4.79 Å². The second-order valence-electron chi connectivity index (χ2n) is 6.72. The number of hydrogen-bond acceptors (Lipinski definition) is 5. The average molecular weight is 370 g/mol. The van der Waals surface area contributed by atoms with Gasteiger partial charge in [0.15, 0.2) is 0 Å². The summed E-state index contributed by atoms with van der Waals surface area (Å²) in [4.78, 5) is 30.1. The smallest absolute Gasteiger partial charge is 0.265 e. The number of thiophene rings is 1. The fourth-order valence-electron chi connectivity index (χ4n) is 2.67. The Bertz CT molecular complexity index is 546. The normalized spacial score (nSPS) is 20.8. The number of amides is 2. The molecule has 1 aromatic heterocycles. The molecule has 0 aliphatic carbocycles. The molecule has 0 spiro atoms. The number of carbonyl (C=O) groups excluding carboxylic acids is 2. The summed E-state index contributed by atoms with van der Waals surface area (Å²) in [6, 6.07) is 3.34. The molecule has 0 saturated carbocycles. The standard InChI is InChI=1S/C17H27N3O2S2/c1-12(2)10-15-20(17(22)14-6-5-9-23-14)13(11-24-15)16(21)18-7-8-19(3)4/h5-6,9,12-13,15H,7-8,10-11H2,1-4H3,(H,18,21). The Balaban J connectivity index is 2.10. The van der Waals surface area contributed by atoms with E-state index in [1.807, 2.05) is 41.4 Å². The van der Waals surface area contributed by atoms with Crippen LogP contribution in [0.1, 0.15) is 29.9 Å². The molecule has 2 rings (SSSR count). The lowest BCUT2D eigenvalue weighted by Crippen LogP contribution is -2.50. The van der Waals surface area contributed by atoms with Gasteiger partial charge < -0.3 is 15.1 Å². The number of thioether (sulfide) groups is 1. The molecule has 0 radical (unpaired) electrons. The average Bonchev–Trinajstić information content (AvgIpc) is 3.14. The second kappa shape index (κ2) is 8.87. The van der Waals surface area contributed by atoms with Crippen LogP contribution < -0.4 is 5.32 Å². The van der Waals surface area contributed by atoms with E-state index < -0.39 is 0 Å². The Morgan fingerprint density at radius 1 is 1.42 bits per heavy atom. The third kappa shape index (κ3) is 4.97. The maximum absolute atomic E-state index is 12.9. The zero-order chi connectivity index (χ0) is 17.7. The number of likely N-dealkylation sites (N-methyl/N-ethyl adjacent to an activating group) is 1. The number of carbonyl (C=O) groups is 2. The number of nitrogens with zero attached hydrogens (tertiary/aromatic N) is 2. The molecule has 0 bridgehead atoms. The van der Waals surface area contributed by atoms with Crippen LogP contribution in [-0.4, -0.2) is 66.0 Å². The van der Waals surface area contributed by atoms with E-state index in [0.29, 0.717) is 23.1 Å². The molecule has 1 fully saturated rings. The van der Waals surface area contributed by atoms with Crippen LogP contribution in [0.3, 0.4) is 0 Å². The number of nitrogens with one attached hydrogen (secondary N) is 1. The lowest BCUT2D eigenvalue weighted by molar-refractivity contribution is -0.124. The van der Waals surface area contributed by atoms with Gasteiger partial charge in [-0.25, -0.2) is 0 Å². The van der Waals surface area contributed by atoms with Crippen molar-refractivity contribution >= 4 is 34.9 Å². The quantitative estimate of drug-likeness (QED) is 0.802. The Kier molecular flexibility index (Phi) is 7.13. The molecule has 2 unspecified atom stereocenters. The van der Waals surface area contributed by atoms with Crippen molar-refractivity contribution in [1.82, 2.24) is 15.1 Å². The van der Waals surface area contributed by atoms with Crippen LogP contribution >= 0.6 is 23.1 Å². The first kappa shape index (κ1) is 19.3. The van der Waals surface area contributed by atoms with E-state index in [0.717, 1.165) is 13.0 Å². The first-order chi connectivity index (χ1) is 11.4. The highest BCUT2D eigenvalue weighted by atomic mass is 32.2. The summed E-state index contributed by atoms with van der Waals surface area (Å²) in [6.45, 7) is 5.69. The van der Waals surface area contributed by atoms with E-state index in [2.05, 4.69) is 19.2 Å². The highest BCUT2D eigenvalue weighted by Crippen LogP contribution is 2.35. The molecule has 1 aromatic rings. The van der Waals surface area contributed by atoms with Crippen molar-refractivity contribution in [3.63, 3.8) is 0 Å². The fraction of sp³-hybridized carbons (Fsp3) is 0.647. The van der Waals surface area contributed by atoms with Gasteiger partial charge in [0, 0.05) is 18.8 Å². The lowest BCUT2D eigenvalue weighted by atomic mass is 10.1. The SMILES string of the molecule is CC(C)CC1SCC(C(=O)NCCN(C)C)N1C(=O)c1cccs1. The van der Waals surface area contributed by atoms with Crippen molar-refractivity contribution in [2.24, 2.45) is 5.92 Å². The molecule has 2 atom stereocenters. The van der Waals surface area contributed by atoms with E-state index in [-0.39, 0.29) is 23.2 Å². The molecule has 134 valence electrons. The van der Waals surface area contributed by atoms with Crippen LogP contribution in [0, 0.1) is 5.92 Å². The van der Waals surface area contributed by atoms with Gasteiger partial charge in [-0.1, -0.05) is 19.9 Å². The summed E-state index contributed by atoms with van der Waals surface area (Å²) >= 11 is 3.15. The topological polar surface area (TPSA) is 52.7 Å². The van der Waals surface area contributed by atoms with Crippen LogP contribution in [0.4, 0.5) is 0 Å². The Morgan fingerprint density at radius 3 is 2.75 bits per heavy atom. The first-order valence-corrected chi connectivity index (χ1v) is 10.2. The molecule has 1 aliphatic heterocycles. The van der Waals surface area contributed by atoms with Crippen LogP contribution in [0.15, 0.2) is 17.5 Å². The number of rotatable bonds is 7. The largest absolute Gasteiger partial charge is 0.353 e. The molecular weight excluding hydrogens is 342 g/mol. The fourth-order valence-corrected chi connectivity index (χ4v) is 4.98. The molecule has 0 aromatic carbocycles. The molecular formula is C17H27N3O2S2. The van der Waals surface area contributed by atoms with Gasteiger partial charge in [-0.05, 0) is 37.9 Å². The lowest BCUT2D eigenvalue weighted by Gasteiger charge is -2.29. The van der Waals surface area contributed by atoms with Gasteiger partial charge in [-0.15, -0.1) is 23.1 Å². The van der Waals surface area contributed by atoms with E-state index in [1.54, 1.807) is 11.8 Å². The Morgan fingerprint density at radius 2 is 2.17 bits per heavy atom. The molecule has 7 heteroatoms. The highest BCUT2D eigenvalue weighted by molar-refractivity contribution is 8.00.